The van der Waals surface area contributed by atoms with E-state index in [0.717, 1.165) is 11.3 Å². The first-order chi connectivity index (χ1) is 14.1. The molecule has 1 N–H and O–H groups in total. The van der Waals surface area contributed by atoms with Crippen molar-refractivity contribution in [1.29, 1.82) is 0 Å². The van der Waals surface area contributed by atoms with Gasteiger partial charge in [-0.1, -0.05) is 6.92 Å². The molecule has 2 heterocycles. The predicted octanol–water partition coefficient (Wildman–Crippen LogP) is 2.77. The molecule has 0 spiro atoms. The van der Waals surface area contributed by atoms with Crippen molar-refractivity contribution >= 4 is 39.9 Å². The van der Waals surface area contributed by atoms with Crippen LogP contribution in [0.4, 0.5) is 10.7 Å². The first-order valence-electron chi connectivity index (χ1n) is 8.99. The molecular weight excluding hydrogens is 416 g/mol. The minimum absolute atomic E-state index is 0.0709. The number of rotatable bonds is 8. The number of esters is 2. The second-order valence-corrected chi connectivity index (χ2v) is 7.39. The van der Waals surface area contributed by atoms with Crippen LogP contribution in [0, 0.1) is 30.9 Å². The molecule has 0 fully saturated rings. The van der Waals surface area contributed by atoms with Gasteiger partial charge < -0.3 is 14.8 Å². The molecule has 0 unspecified atom stereocenters. The van der Waals surface area contributed by atoms with Crippen LogP contribution >= 0.6 is 11.3 Å². The summed E-state index contributed by atoms with van der Waals surface area (Å²) < 4.78 is 11.1. The van der Waals surface area contributed by atoms with Gasteiger partial charge in [-0.2, -0.15) is 5.10 Å². The fraction of sp³-hybridized carbons (Fsp3) is 0.444. The minimum Gasteiger partial charge on any atom is -0.465 e. The lowest BCUT2D eigenvalue weighted by atomic mass is 10.1. The molecule has 0 bridgehead atoms. The monoisotopic (exact) mass is 438 g/mol. The Bertz CT molecular complexity index is 1010. The van der Waals surface area contributed by atoms with Crippen molar-refractivity contribution in [2.75, 3.05) is 19.0 Å². The fourth-order valence-electron chi connectivity index (χ4n) is 2.81. The van der Waals surface area contributed by atoms with E-state index in [4.69, 9.17) is 9.47 Å². The molecule has 0 aliphatic rings. The third-order valence-electron chi connectivity index (χ3n) is 4.23. The molecule has 0 atom stereocenters. The summed E-state index contributed by atoms with van der Waals surface area (Å²) in [5, 5.41) is 17.9. The van der Waals surface area contributed by atoms with Gasteiger partial charge in [0.05, 0.1) is 24.2 Å². The van der Waals surface area contributed by atoms with Gasteiger partial charge in [0.25, 0.3) is 0 Å². The summed E-state index contributed by atoms with van der Waals surface area (Å²) in [6, 6.07) is 0. The largest absolute Gasteiger partial charge is 0.465 e. The third-order valence-corrected chi connectivity index (χ3v) is 5.42. The summed E-state index contributed by atoms with van der Waals surface area (Å²) in [5.41, 5.74) is 0.667. The van der Waals surface area contributed by atoms with Crippen molar-refractivity contribution in [2.45, 2.75) is 40.7 Å². The van der Waals surface area contributed by atoms with Crippen LogP contribution in [0.1, 0.15) is 50.3 Å². The molecule has 0 radical (unpaired) electrons. The smallest absolute Gasteiger partial charge is 0.348 e. The van der Waals surface area contributed by atoms with E-state index in [-0.39, 0.29) is 45.7 Å². The van der Waals surface area contributed by atoms with Crippen LogP contribution < -0.4 is 5.32 Å². The number of ether oxygens (including phenoxy) is 2. The number of carbonyl (C=O) groups excluding carboxylic acids is 3. The van der Waals surface area contributed by atoms with Crippen molar-refractivity contribution in [2.24, 2.45) is 0 Å². The van der Waals surface area contributed by atoms with Crippen LogP contribution in [0.3, 0.4) is 0 Å². The number of carbonyl (C=O) groups is 3. The van der Waals surface area contributed by atoms with Crippen LogP contribution in [-0.2, 0) is 20.8 Å². The number of nitro groups is 1. The normalized spacial score (nSPS) is 10.6. The topological polar surface area (TPSA) is 143 Å². The summed E-state index contributed by atoms with van der Waals surface area (Å²) in [7, 11) is 1.21. The summed E-state index contributed by atoms with van der Waals surface area (Å²) in [4.78, 5) is 47.8. The van der Waals surface area contributed by atoms with Gasteiger partial charge in [-0.15, -0.1) is 11.3 Å². The number of methoxy groups -OCH3 is 1. The Balaban J connectivity index is 2.33. The van der Waals surface area contributed by atoms with Crippen LogP contribution in [0.5, 0.6) is 0 Å². The molecule has 12 heteroatoms. The molecule has 0 aliphatic heterocycles. The summed E-state index contributed by atoms with van der Waals surface area (Å²) >= 11 is 0.892. The van der Waals surface area contributed by atoms with Crippen molar-refractivity contribution in [1.82, 2.24) is 9.78 Å². The molecule has 30 heavy (non-hydrogen) atoms. The van der Waals surface area contributed by atoms with E-state index in [1.807, 2.05) is 6.92 Å². The van der Waals surface area contributed by atoms with Gasteiger partial charge in [0, 0.05) is 0 Å². The number of hydrogen-bond donors (Lipinski definition) is 1. The number of hydrogen-bond acceptors (Lipinski definition) is 9. The maximum Gasteiger partial charge on any atom is 0.348 e. The van der Waals surface area contributed by atoms with Gasteiger partial charge in [-0.25, -0.2) is 9.59 Å². The van der Waals surface area contributed by atoms with Gasteiger partial charge in [0.2, 0.25) is 5.91 Å². The van der Waals surface area contributed by atoms with Gasteiger partial charge in [0.1, 0.15) is 27.8 Å². The van der Waals surface area contributed by atoms with Crippen LogP contribution in [0.25, 0.3) is 0 Å². The number of nitrogens with zero attached hydrogens (tertiary/aromatic N) is 3. The number of aryl methyl sites for hydroxylation is 1. The highest BCUT2D eigenvalue weighted by Gasteiger charge is 2.28. The van der Waals surface area contributed by atoms with E-state index in [1.165, 1.54) is 25.6 Å². The second-order valence-electron chi connectivity index (χ2n) is 6.37. The Hall–Kier alpha value is -3.28. The zero-order chi connectivity index (χ0) is 22.6. The van der Waals surface area contributed by atoms with Crippen LogP contribution in [0.2, 0.25) is 0 Å². The minimum atomic E-state index is -0.669. The standard InChI is InChI=1S/C18H22N4O7S/c1-6-7-29-17(24)13-9(2)15(18(25)28-5)30-16(13)19-12(23)8-21-11(4)14(22(26)27)10(3)20-21/h6-8H2,1-5H3,(H,19,23). The van der Waals surface area contributed by atoms with Gasteiger partial charge in [-0.3, -0.25) is 19.6 Å². The molecule has 162 valence electrons. The number of amides is 1. The first kappa shape index (κ1) is 23.0. The molecule has 2 rings (SSSR count). The SMILES string of the molecule is CCCOC(=O)c1c(NC(=O)Cn2nc(C)c([N+](=O)[O-])c2C)sc(C(=O)OC)c1C. The van der Waals surface area contributed by atoms with E-state index >= 15 is 0 Å². The average Bonchev–Trinajstić information content (AvgIpc) is 3.14. The third kappa shape index (κ3) is 4.64. The second kappa shape index (κ2) is 9.48. The van der Waals surface area contributed by atoms with Gasteiger partial charge >= 0.3 is 17.6 Å². The lowest BCUT2D eigenvalue weighted by molar-refractivity contribution is -0.386. The van der Waals surface area contributed by atoms with Crippen LogP contribution in [0.15, 0.2) is 0 Å². The number of aromatic nitrogens is 2. The summed E-state index contributed by atoms with van der Waals surface area (Å²) in [6.45, 7) is 6.24. The van der Waals surface area contributed by atoms with E-state index in [1.54, 1.807) is 6.92 Å². The average molecular weight is 438 g/mol. The zero-order valence-electron chi connectivity index (χ0n) is 17.2. The Kier molecular flexibility index (Phi) is 7.27. The Morgan fingerprint density at radius 2 is 1.90 bits per heavy atom. The maximum absolute atomic E-state index is 12.6. The maximum atomic E-state index is 12.6. The molecule has 2 aromatic rings. The predicted molar refractivity (Wildman–Crippen MR) is 108 cm³/mol. The fourth-order valence-corrected chi connectivity index (χ4v) is 3.94. The highest BCUT2D eigenvalue weighted by atomic mass is 32.1. The molecule has 2 aromatic heterocycles. The Labute approximate surface area is 176 Å². The highest BCUT2D eigenvalue weighted by molar-refractivity contribution is 7.18. The number of anilines is 1. The molecule has 11 nitrogen and oxygen atoms in total. The Morgan fingerprint density at radius 3 is 2.43 bits per heavy atom. The van der Waals surface area contributed by atoms with Crippen molar-refractivity contribution in [3.05, 3.63) is 37.5 Å². The highest BCUT2D eigenvalue weighted by Crippen LogP contribution is 2.34. The first-order valence-corrected chi connectivity index (χ1v) is 9.81. The molecule has 0 aliphatic carbocycles. The van der Waals surface area contributed by atoms with Gasteiger partial charge in [-0.05, 0) is 32.8 Å². The molecule has 0 aromatic carbocycles. The van der Waals surface area contributed by atoms with Crippen molar-refractivity contribution in [3.8, 4) is 0 Å². The Morgan fingerprint density at radius 1 is 1.23 bits per heavy atom. The van der Waals surface area contributed by atoms with E-state index in [2.05, 4.69) is 10.4 Å². The molecule has 0 saturated heterocycles. The number of nitrogens with one attached hydrogen (secondary N) is 1. The zero-order valence-corrected chi connectivity index (χ0v) is 18.0. The molecule has 0 saturated carbocycles. The van der Waals surface area contributed by atoms with E-state index in [0.29, 0.717) is 12.0 Å². The summed E-state index contributed by atoms with van der Waals surface area (Å²) in [6.07, 6.45) is 0.608. The molecular formula is C18H22N4O7S. The van der Waals surface area contributed by atoms with E-state index in [9.17, 15) is 24.5 Å². The van der Waals surface area contributed by atoms with Crippen molar-refractivity contribution in [3.63, 3.8) is 0 Å². The lowest BCUT2D eigenvalue weighted by Gasteiger charge is -2.08. The number of thiophene rings is 1. The lowest BCUT2D eigenvalue weighted by Crippen LogP contribution is -2.21. The van der Waals surface area contributed by atoms with Crippen LogP contribution in [-0.4, -0.2) is 46.3 Å². The summed E-state index contributed by atoms with van der Waals surface area (Å²) in [5.74, 6) is -1.88. The van der Waals surface area contributed by atoms with Crippen molar-refractivity contribution < 1.29 is 28.8 Å². The quantitative estimate of drug-likeness (QED) is 0.376. The van der Waals surface area contributed by atoms with E-state index < -0.39 is 22.8 Å². The molecule has 1 amide bonds. The van der Waals surface area contributed by atoms with Gasteiger partial charge in [0.15, 0.2) is 0 Å².